The van der Waals surface area contributed by atoms with E-state index in [1.165, 1.54) is 54.4 Å². The van der Waals surface area contributed by atoms with Gasteiger partial charge in [0.15, 0.2) is 0 Å². The molecule has 0 unspecified atom stereocenters. The first-order valence-electron chi connectivity index (χ1n) is 10.7. The van der Waals surface area contributed by atoms with Crippen LogP contribution in [0.1, 0.15) is 29.9 Å². The van der Waals surface area contributed by atoms with Crippen molar-refractivity contribution in [2.24, 2.45) is 5.92 Å². The van der Waals surface area contributed by atoms with Crippen molar-refractivity contribution < 1.29 is 0 Å². The maximum Gasteiger partial charge on any atom is 0.0346 e. The highest BCUT2D eigenvalue weighted by molar-refractivity contribution is 5.84. The molecule has 0 spiro atoms. The number of hydrogen-bond acceptors (Lipinski definition) is 3. The molecule has 2 aromatic carbocycles. The molecule has 0 radical (unpaired) electrons. The van der Waals surface area contributed by atoms with Crippen molar-refractivity contribution in [3.8, 4) is 0 Å². The molecular weight excluding hydrogens is 342 g/mol. The van der Waals surface area contributed by atoms with Crippen LogP contribution in [0.5, 0.6) is 0 Å². The summed E-state index contributed by atoms with van der Waals surface area (Å²) in [7, 11) is 0. The van der Waals surface area contributed by atoms with E-state index < -0.39 is 0 Å². The summed E-state index contributed by atoms with van der Waals surface area (Å²) in [6, 6.07) is 21.5. The van der Waals surface area contributed by atoms with Crippen molar-refractivity contribution in [2.45, 2.75) is 37.4 Å². The molecule has 3 atom stereocenters. The van der Waals surface area contributed by atoms with E-state index in [2.05, 4.69) is 69.4 Å². The second kappa shape index (κ2) is 6.68. The molecule has 0 N–H and O–H groups in total. The van der Waals surface area contributed by atoms with Gasteiger partial charge in [-0.05, 0) is 54.4 Å². The molecule has 0 amide bonds. The molecule has 0 aliphatic carbocycles. The van der Waals surface area contributed by atoms with Crippen molar-refractivity contribution in [2.75, 3.05) is 19.6 Å². The van der Waals surface area contributed by atoms with Crippen LogP contribution in [0.3, 0.4) is 0 Å². The van der Waals surface area contributed by atoms with Crippen LogP contribution in [0.15, 0.2) is 67.0 Å². The van der Waals surface area contributed by atoms with Crippen molar-refractivity contribution in [1.29, 1.82) is 0 Å². The van der Waals surface area contributed by atoms with Crippen LogP contribution in [0.2, 0.25) is 0 Å². The number of hydrogen-bond donors (Lipinski definition) is 0. The van der Waals surface area contributed by atoms with E-state index in [9.17, 15) is 0 Å². The van der Waals surface area contributed by atoms with E-state index in [1.54, 1.807) is 0 Å². The minimum Gasteiger partial charge on any atom is -0.298 e. The van der Waals surface area contributed by atoms with Crippen LogP contribution < -0.4 is 0 Å². The van der Waals surface area contributed by atoms with Gasteiger partial charge in [-0.3, -0.25) is 14.8 Å². The van der Waals surface area contributed by atoms with E-state index in [4.69, 9.17) is 0 Å². The Hall–Kier alpha value is -2.23. The molecule has 5 heterocycles. The van der Waals surface area contributed by atoms with Gasteiger partial charge in [0, 0.05) is 48.9 Å². The number of likely N-dealkylation sites (tertiary alicyclic amines) is 1. The maximum absolute atomic E-state index is 4.31. The average Bonchev–Trinajstić information content (AvgIpc) is 3.17. The minimum atomic E-state index is 0.631. The van der Waals surface area contributed by atoms with Crippen molar-refractivity contribution in [3.05, 3.63) is 78.1 Å². The normalized spacial score (nSPS) is 31.9. The van der Waals surface area contributed by atoms with E-state index in [0.29, 0.717) is 18.0 Å². The third-order valence-electron chi connectivity index (χ3n) is 7.47. The van der Waals surface area contributed by atoms with Crippen LogP contribution >= 0.6 is 0 Å². The third-order valence-corrected chi connectivity index (χ3v) is 7.47. The highest BCUT2D eigenvalue weighted by Crippen LogP contribution is 2.47. The lowest BCUT2D eigenvalue weighted by atomic mass is 9.75. The fraction of sp³-hybridized carbons (Fsp3) is 0.400. The molecule has 28 heavy (non-hydrogen) atoms. The predicted octanol–water partition coefficient (Wildman–Crippen LogP) is 4.30. The summed E-state index contributed by atoms with van der Waals surface area (Å²) in [5.41, 5.74) is 2.97. The van der Waals surface area contributed by atoms with Gasteiger partial charge in [-0.2, -0.15) is 0 Å². The number of fused-ring (bicyclic) bond motifs is 3. The van der Waals surface area contributed by atoms with Crippen LogP contribution in [-0.4, -0.2) is 46.5 Å². The van der Waals surface area contributed by atoms with E-state index in [0.717, 1.165) is 12.5 Å². The van der Waals surface area contributed by atoms with Gasteiger partial charge in [0.25, 0.3) is 0 Å². The Kier molecular flexibility index (Phi) is 3.98. The summed E-state index contributed by atoms with van der Waals surface area (Å²) in [5, 5.41) is 2.61. The van der Waals surface area contributed by atoms with Crippen molar-refractivity contribution in [3.63, 3.8) is 0 Å². The van der Waals surface area contributed by atoms with E-state index in [1.807, 2.05) is 12.4 Å². The van der Waals surface area contributed by atoms with Crippen LogP contribution in [0, 0.1) is 5.92 Å². The zero-order valence-electron chi connectivity index (χ0n) is 16.2. The molecule has 0 saturated carbocycles. The summed E-state index contributed by atoms with van der Waals surface area (Å²) in [6.07, 6.45) is 6.67. The molecule has 142 valence electrons. The van der Waals surface area contributed by atoms with Crippen LogP contribution in [0.4, 0.5) is 0 Å². The fourth-order valence-corrected chi connectivity index (χ4v) is 6.26. The molecule has 7 rings (SSSR count). The molecule has 4 saturated heterocycles. The zero-order chi connectivity index (χ0) is 18.5. The molecule has 3 heteroatoms. The lowest BCUT2D eigenvalue weighted by molar-refractivity contribution is -0.00859. The molecule has 3 aromatic rings. The second-order valence-corrected chi connectivity index (χ2v) is 8.82. The molecule has 4 fully saturated rings. The number of rotatable bonds is 3. The third kappa shape index (κ3) is 2.61. The fourth-order valence-electron chi connectivity index (χ4n) is 6.26. The van der Waals surface area contributed by atoms with Crippen molar-refractivity contribution in [1.82, 2.24) is 14.8 Å². The van der Waals surface area contributed by atoms with Crippen molar-refractivity contribution >= 4 is 10.8 Å². The van der Waals surface area contributed by atoms with Gasteiger partial charge >= 0.3 is 0 Å². The molecule has 1 aromatic heterocycles. The predicted molar refractivity (Wildman–Crippen MR) is 113 cm³/mol. The summed E-state index contributed by atoms with van der Waals surface area (Å²) < 4.78 is 0. The highest BCUT2D eigenvalue weighted by atomic mass is 15.3. The topological polar surface area (TPSA) is 19.4 Å². The Bertz CT molecular complexity index is 972. The molecular formula is C25H27N3. The van der Waals surface area contributed by atoms with Gasteiger partial charge in [-0.25, -0.2) is 0 Å². The number of benzene rings is 2. The zero-order valence-corrected chi connectivity index (χ0v) is 16.2. The Morgan fingerprint density at radius 1 is 0.893 bits per heavy atom. The summed E-state index contributed by atoms with van der Waals surface area (Å²) in [5.74, 6) is 1.49. The largest absolute Gasteiger partial charge is 0.298 e. The smallest absolute Gasteiger partial charge is 0.0346 e. The SMILES string of the molecule is c1ccc([C@H]2CN(Cc3cccc4cnccc34)[C@H]3C4CCN(CC4)[C@@H]23)cc1. The van der Waals surface area contributed by atoms with Gasteiger partial charge < -0.3 is 0 Å². The molecule has 2 bridgehead atoms. The molecule has 4 aliphatic rings. The van der Waals surface area contributed by atoms with Crippen LogP contribution in [0.25, 0.3) is 10.8 Å². The Morgan fingerprint density at radius 2 is 1.75 bits per heavy atom. The number of aromatic nitrogens is 1. The number of nitrogens with zero attached hydrogens (tertiary/aromatic N) is 3. The first-order valence-corrected chi connectivity index (χ1v) is 10.7. The Labute approximate surface area is 167 Å². The van der Waals surface area contributed by atoms with Gasteiger partial charge in [0.1, 0.15) is 0 Å². The highest BCUT2D eigenvalue weighted by Gasteiger charge is 2.53. The second-order valence-electron chi connectivity index (χ2n) is 8.82. The van der Waals surface area contributed by atoms with Gasteiger partial charge in [0.2, 0.25) is 0 Å². The van der Waals surface area contributed by atoms with Gasteiger partial charge in [0.05, 0.1) is 0 Å². The Morgan fingerprint density at radius 3 is 2.61 bits per heavy atom. The van der Waals surface area contributed by atoms with Gasteiger partial charge in [-0.15, -0.1) is 0 Å². The van der Waals surface area contributed by atoms with Crippen LogP contribution in [-0.2, 0) is 6.54 Å². The first-order chi connectivity index (χ1) is 13.9. The lowest BCUT2D eigenvalue weighted by Gasteiger charge is -2.51. The quantitative estimate of drug-likeness (QED) is 0.686. The lowest BCUT2D eigenvalue weighted by Crippen LogP contribution is -2.59. The summed E-state index contributed by atoms with van der Waals surface area (Å²) >= 11 is 0. The standard InChI is InChI=1S/C25H27N3/c1-2-5-18(6-3-1)23-17-28(24-19-10-13-27(14-11-19)25(23)24)16-21-8-4-7-20-15-26-12-9-22(20)21/h1-9,12,15,19,23-25H,10-11,13-14,16-17H2/t23-,24+,25+/m1/s1. The number of piperidine rings is 3. The van der Waals surface area contributed by atoms with E-state index in [-0.39, 0.29) is 0 Å². The molecule has 3 nitrogen and oxygen atoms in total. The van der Waals surface area contributed by atoms with E-state index >= 15 is 0 Å². The minimum absolute atomic E-state index is 0.631. The summed E-state index contributed by atoms with van der Waals surface area (Å²) in [6.45, 7) is 4.82. The van der Waals surface area contributed by atoms with Gasteiger partial charge in [-0.1, -0.05) is 48.5 Å². The summed E-state index contributed by atoms with van der Waals surface area (Å²) in [4.78, 5) is 9.93. The monoisotopic (exact) mass is 369 g/mol. The Balaban J connectivity index is 1.38. The maximum atomic E-state index is 4.31. The average molecular weight is 370 g/mol. The number of pyridine rings is 1. The molecule has 4 aliphatic heterocycles. The first kappa shape index (κ1) is 16.7.